The van der Waals surface area contributed by atoms with E-state index in [1.807, 2.05) is 12.3 Å². The summed E-state index contributed by atoms with van der Waals surface area (Å²) in [5.74, 6) is 0.594. The van der Waals surface area contributed by atoms with Crippen molar-refractivity contribution in [3.63, 3.8) is 0 Å². The van der Waals surface area contributed by atoms with Gasteiger partial charge in [0.2, 0.25) is 0 Å². The molecule has 0 spiro atoms. The van der Waals surface area contributed by atoms with Crippen molar-refractivity contribution < 1.29 is 4.43 Å². The number of rotatable bonds is 7. The van der Waals surface area contributed by atoms with Crippen molar-refractivity contribution >= 4 is 8.32 Å². The highest BCUT2D eigenvalue weighted by atomic mass is 28.4. The van der Waals surface area contributed by atoms with Crippen molar-refractivity contribution in [3.8, 4) is 0 Å². The molecular weight excluding hydrogens is 334 g/mol. The number of aromatic nitrogens is 1. The molecule has 2 nitrogen and oxygen atoms in total. The van der Waals surface area contributed by atoms with Crippen molar-refractivity contribution in [1.82, 2.24) is 4.98 Å². The quantitative estimate of drug-likeness (QED) is 0.415. The summed E-state index contributed by atoms with van der Waals surface area (Å²) in [4.78, 5) is 4.62. The molecule has 2 atom stereocenters. The number of allylic oxidation sites excluding steroid dienone is 1. The minimum atomic E-state index is -1.70. The summed E-state index contributed by atoms with van der Waals surface area (Å²) >= 11 is 0. The average molecular weight is 368 g/mol. The number of pyridine rings is 1. The Balaban J connectivity index is 2.12. The molecule has 2 unspecified atom stereocenters. The molecule has 0 saturated carbocycles. The van der Waals surface area contributed by atoms with Crippen molar-refractivity contribution in [2.24, 2.45) is 5.92 Å². The van der Waals surface area contributed by atoms with Crippen LogP contribution in [0.25, 0.3) is 0 Å². The number of nitrogens with zero attached hydrogens (tertiary/aromatic N) is 1. The zero-order valence-electron chi connectivity index (χ0n) is 17.1. The van der Waals surface area contributed by atoms with E-state index in [0.717, 1.165) is 5.69 Å². The molecule has 0 aliphatic heterocycles. The molecule has 1 heterocycles. The molecule has 0 amide bonds. The van der Waals surface area contributed by atoms with Crippen molar-refractivity contribution in [2.75, 3.05) is 6.61 Å². The fourth-order valence-corrected chi connectivity index (χ4v) is 3.76. The second-order valence-corrected chi connectivity index (χ2v) is 13.3. The molecule has 2 aromatic rings. The minimum absolute atomic E-state index is 0.243. The second-order valence-electron chi connectivity index (χ2n) is 8.50. The standard InChI is InChI=1S/C23H33NOSi/c1-19(13-12-18-25-26(5,6)23(2,3)4)22(20-14-8-7-9-15-20)21-16-10-11-17-24-21/h7-17,19,22H,18H2,1-6H3/b13-12+. The largest absolute Gasteiger partial charge is 0.413 e. The molecule has 2 rings (SSSR count). The maximum atomic E-state index is 6.27. The highest BCUT2D eigenvalue weighted by Gasteiger charge is 2.36. The summed E-state index contributed by atoms with van der Waals surface area (Å²) in [7, 11) is -1.70. The van der Waals surface area contributed by atoms with E-state index in [1.165, 1.54) is 5.56 Å². The van der Waals surface area contributed by atoms with Crippen molar-refractivity contribution in [1.29, 1.82) is 0 Å². The Morgan fingerprint density at radius 2 is 1.69 bits per heavy atom. The van der Waals surface area contributed by atoms with Gasteiger partial charge in [0.05, 0.1) is 6.61 Å². The van der Waals surface area contributed by atoms with Gasteiger partial charge >= 0.3 is 0 Å². The Labute approximate surface area is 160 Å². The van der Waals surface area contributed by atoms with E-state index < -0.39 is 8.32 Å². The maximum absolute atomic E-state index is 6.27. The van der Waals surface area contributed by atoms with Gasteiger partial charge in [-0.3, -0.25) is 4.98 Å². The zero-order valence-corrected chi connectivity index (χ0v) is 18.1. The average Bonchev–Trinajstić information content (AvgIpc) is 2.60. The fraction of sp³-hybridized carbons (Fsp3) is 0.435. The van der Waals surface area contributed by atoms with Gasteiger partial charge in [0.15, 0.2) is 8.32 Å². The van der Waals surface area contributed by atoms with Crippen LogP contribution in [0.3, 0.4) is 0 Å². The van der Waals surface area contributed by atoms with Gasteiger partial charge in [-0.25, -0.2) is 0 Å². The first-order chi connectivity index (χ1) is 12.2. The predicted molar refractivity (Wildman–Crippen MR) is 114 cm³/mol. The summed E-state index contributed by atoms with van der Waals surface area (Å²) in [6.07, 6.45) is 6.34. The van der Waals surface area contributed by atoms with Crippen molar-refractivity contribution in [2.45, 2.75) is 51.7 Å². The SMILES string of the molecule is CC(/C=C/CO[Si](C)(C)C(C)(C)C)C(c1ccccc1)c1ccccn1. The highest BCUT2D eigenvalue weighted by Crippen LogP contribution is 2.36. The van der Waals surface area contributed by atoms with Crippen LogP contribution in [0.4, 0.5) is 0 Å². The molecule has 1 aromatic carbocycles. The van der Waals surface area contributed by atoms with E-state index in [0.29, 0.717) is 12.5 Å². The third-order valence-electron chi connectivity index (χ3n) is 5.48. The summed E-state index contributed by atoms with van der Waals surface area (Å²) in [6.45, 7) is 14.4. The van der Waals surface area contributed by atoms with Gasteiger partial charge < -0.3 is 4.43 Å². The van der Waals surface area contributed by atoms with Crippen LogP contribution in [0.2, 0.25) is 18.1 Å². The molecule has 3 heteroatoms. The van der Waals surface area contributed by atoms with E-state index in [4.69, 9.17) is 4.43 Å². The molecule has 0 N–H and O–H groups in total. The van der Waals surface area contributed by atoms with Gasteiger partial charge in [-0.05, 0) is 41.7 Å². The summed E-state index contributed by atoms with van der Waals surface area (Å²) < 4.78 is 6.27. The van der Waals surface area contributed by atoms with E-state index >= 15 is 0 Å². The van der Waals surface area contributed by atoms with Crippen LogP contribution < -0.4 is 0 Å². The first kappa shape index (κ1) is 20.6. The van der Waals surface area contributed by atoms with Crippen LogP contribution >= 0.6 is 0 Å². The van der Waals surface area contributed by atoms with Crippen LogP contribution in [-0.4, -0.2) is 19.9 Å². The van der Waals surface area contributed by atoms with E-state index in [-0.39, 0.29) is 11.0 Å². The van der Waals surface area contributed by atoms with Crippen molar-refractivity contribution in [3.05, 3.63) is 78.1 Å². The molecule has 0 aliphatic carbocycles. The number of hydrogen-bond acceptors (Lipinski definition) is 2. The van der Waals surface area contributed by atoms with Crippen LogP contribution in [0.1, 0.15) is 44.9 Å². The summed E-state index contributed by atoms with van der Waals surface area (Å²) in [5, 5.41) is 0.243. The Bertz CT molecular complexity index is 650. The Hall–Kier alpha value is -1.71. The van der Waals surface area contributed by atoms with Crippen LogP contribution in [0.5, 0.6) is 0 Å². The lowest BCUT2D eigenvalue weighted by Gasteiger charge is -2.35. The Morgan fingerprint density at radius 1 is 1.04 bits per heavy atom. The molecule has 1 aromatic heterocycles. The van der Waals surface area contributed by atoms with E-state index in [1.54, 1.807) is 0 Å². The summed E-state index contributed by atoms with van der Waals surface area (Å²) in [5.41, 5.74) is 2.41. The topological polar surface area (TPSA) is 22.1 Å². The molecule has 0 aliphatic rings. The first-order valence-corrected chi connectivity index (χ1v) is 12.4. The van der Waals surface area contributed by atoms with Gasteiger partial charge in [-0.1, -0.05) is 76.2 Å². The van der Waals surface area contributed by atoms with E-state index in [2.05, 4.69) is 100 Å². The Morgan fingerprint density at radius 3 is 2.27 bits per heavy atom. The maximum Gasteiger partial charge on any atom is 0.192 e. The molecular formula is C23H33NOSi. The second kappa shape index (κ2) is 8.78. The lowest BCUT2D eigenvalue weighted by atomic mass is 9.84. The van der Waals surface area contributed by atoms with E-state index in [9.17, 15) is 0 Å². The normalized spacial score (nSPS) is 15.2. The molecule has 0 radical (unpaired) electrons. The minimum Gasteiger partial charge on any atom is -0.413 e. The van der Waals surface area contributed by atoms with Crippen LogP contribution in [0.15, 0.2) is 66.9 Å². The predicted octanol–water partition coefficient (Wildman–Crippen LogP) is 6.43. The van der Waals surface area contributed by atoms with Gasteiger partial charge in [0.25, 0.3) is 0 Å². The molecule has 140 valence electrons. The van der Waals surface area contributed by atoms with Gasteiger partial charge in [-0.15, -0.1) is 0 Å². The zero-order chi connectivity index (χ0) is 19.2. The van der Waals surface area contributed by atoms with Gasteiger partial charge in [-0.2, -0.15) is 0 Å². The molecule has 26 heavy (non-hydrogen) atoms. The Kier molecular flexibility index (Phi) is 6.96. The van der Waals surface area contributed by atoms with Crippen LogP contribution in [0, 0.1) is 5.92 Å². The van der Waals surface area contributed by atoms with Crippen LogP contribution in [-0.2, 0) is 4.43 Å². The molecule has 0 saturated heterocycles. The lowest BCUT2D eigenvalue weighted by Crippen LogP contribution is -2.40. The first-order valence-electron chi connectivity index (χ1n) is 9.49. The van der Waals surface area contributed by atoms with Gasteiger partial charge in [0.1, 0.15) is 0 Å². The highest BCUT2D eigenvalue weighted by molar-refractivity contribution is 6.74. The molecule has 0 bridgehead atoms. The third-order valence-corrected chi connectivity index (χ3v) is 9.98. The van der Waals surface area contributed by atoms with Gasteiger partial charge in [0, 0.05) is 17.8 Å². The fourth-order valence-electron chi connectivity index (χ4n) is 2.82. The monoisotopic (exact) mass is 367 g/mol. The molecule has 0 fully saturated rings. The number of hydrogen-bond donors (Lipinski definition) is 0. The lowest BCUT2D eigenvalue weighted by molar-refractivity contribution is 0.327. The smallest absolute Gasteiger partial charge is 0.192 e. The number of benzene rings is 1. The third kappa shape index (κ3) is 5.39. The summed E-state index contributed by atoms with van der Waals surface area (Å²) in [6, 6.07) is 16.8.